The molecule has 1 aromatic rings. The molecule has 8 nitrogen and oxygen atoms in total. The van der Waals surface area contributed by atoms with Gasteiger partial charge in [0.2, 0.25) is 5.79 Å². The van der Waals surface area contributed by atoms with E-state index in [4.69, 9.17) is 39.1 Å². The van der Waals surface area contributed by atoms with Crippen molar-refractivity contribution in [2.75, 3.05) is 0 Å². The number of benzene rings is 1. The molecule has 0 N–H and O–H groups in total. The van der Waals surface area contributed by atoms with Crippen molar-refractivity contribution in [1.29, 1.82) is 0 Å². The highest BCUT2D eigenvalue weighted by molar-refractivity contribution is 5.51. The van der Waals surface area contributed by atoms with Crippen LogP contribution in [0, 0.1) is 11.3 Å². The fourth-order valence-corrected chi connectivity index (χ4v) is 5.24. The molecule has 264 valence electrons. The average molecular weight is 641 g/mol. The average Bonchev–Trinajstić information content (AvgIpc) is 2.81. The quantitative estimate of drug-likeness (QED) is 0.142. The van der Waals surface area contributed by atoms with Crippen molar-refractivity contribution in [3.63, 3.8) is 0 Å². The Bertz CT molecular complexity index is 966. The van der Waals surface area contributed by atoms with Gasteiger partial charge < -0.3 is 9.78 Å². The van der Waals surface area contributed by atoms with Crippen molar-refractivity contribution in [1.82, 2.24) is 0 Å². The molecule has 8 heteroatoms. The summed E-state index contributed by atoms with van der Waals surface area (Å²) in [5.74, 6) is 1.62. The second kappa shape index (κ2) is 15.7. The summed E-state index contributed by atoms with van der Waals surface area (Å²) in [6.45, 7) is 38.8. The third kappa shape index (κ3) is 16.3. The first kappa shape index (κ1) is 41.6. The minimum atomic E-state index is -0.846. The Balaban J connectivity index is 0.000000454. The first-order valence-corrected chi connectivity index (χ1v) is 16.7. The van der Waals surface area contributed by atoms with Gasteiger partial charge in [-0.3, -0.25) is 0 Å². The number of hydrogen-bond donors (Lipinski definition) is 0. The Hall–Kier alpha value is -1.42. The van der Waals surface area contributed by atoms with Gasteiger partial charge in [-0.25, -0.2) is 9.78 Å². The Kier molecular flexibility index (Phi) is 14.5. The second-order valence-corrected chi connectivity index (χ2v) is 18.1. The molecule has 0 saturated heterocycles. The molecule has 0 aromatic heterocycles. The lowest BCUT2D eigenvalue weighted by molar-refractivity contribution is -0.551. The van der Waals surface area contributed by atoms with Crippen molar-refractivity contribution in [3.05, 3.63) is 23.3 Å². The summed E-state index contributed by atoms with van der Waals surface area (Å²) in [6, 6.07) is 3.77. The van der Waals surface area contributed by atoms with Gasteiger partial charge in [-0.2, -0.15) is 19.6 Å². The van der Waals surface area contributed by atoms with E-state index in [1.54, 1.807) is 0 Å². The van der Waals surface area contributed by atoms with Gasteiger partial charge in [0, 0.05) is 24.0 Å². The third-order valence-corrected chi connectivity index (χ3v) is 6.32. The molecule has 0 spiro atoms. The van der Waals surface area contributed by atoms with Gasteiger partial charge in [-0.1, -0.05) is 48.5 Å². The zero-order valence-electron chi connectivity index (χ0n) is 32.3. The summed E-state index contributed by atoms with van der Waals surface area (Å²) in [6.07, 6.45) is 2.66. The maximum atomic E-state index is 5.79. The summed E-state index contributed by atoms with van der Waals surface area (Å²) < 4.78 is 0. The predicted molar refractivity (Wildman–Crippen MR) is 181 cm³/mol. The van der Waals surface area contributed by atoms with Gasteiger partial charge in [-0.05, 0) is 125 Å². The third-order valence-electron chi connectivity index (χ3n) is 6.32. The van der Waals surface area contributed by atoms with E-state index >= 15 is 0 Å². The molecule has 1 aliphatic rings. The molecule has 0 aliphatic heterocycles. The Morgan fingerprint density at radius 2 is 0.911 bits per heavy atom. The minimum Gasteiger partial charge on any atom is -0.337 e. The van der Waals surface area contributed by atoms with Gasteiger partial charge in [0.15, 0.2) is 11.5 Å². The van der Waals surface area contributed by atoms with Crippen LogP contribution in [0.25, 0.3) is 0 Å². The van der Waals surface area contributed by atoms with Crippen LogP contribution in [-0.4, -0.2) is 28.2 Å². The van der Waals surface area contributed by atoms with Crippen LogP contribution in [0.3, 0.4) is 0 Å². The molecule has 0 amide bonds. The maximum Gasteiger partial charge on any atom is 0.234 e. The van der Waals surface area contributed by atoms with Gasteiger partial charge >= 0.3 is 0 Å². The summed E-state index contributed by atoms with van der Waals surface area (Å²) in [5.41, 5.74) is 0.771. The fraction of sp³-hybridized carbons (Fsp3) is 0.838. The predicted octanol–water partition coefficient (Wildman–Crippen LogP) is 11.2. The molecule has 1 aromatic carbocycles. The van der Waals surface area contributed by atoms with Crippen LogP contribution in [0.1, 0.15) is 174 Å². The SMILES string of the molecule is CC(C)c1c(OOC(C)(C)C)ccc(OOC(C)(C)C)c1C(C)C.CC1CC(C)(C)CC(OOC(C)(C)C)(OOC(C)(C)C)C1. The molecular formula is C37H68O8. The van der Waals surface area contributed by atoms with Crippen molar-refractivity contribution >= 4 is 0 Å². The maximum absolute atomic E-state index is 5.79. The molecule has 0 heterocycles. The van der Waals surface area contributed by atoms with Gasteiger partial charge in [0.05, 0.1) is 11.2 Å². The minimum absolute atomic E-state index is 0.125. The van der Waals surface area contributed by atoms with E-state index in [1.165, 1.54) is 0 Å². The largest absolute Gasteiger partial charge is 0.337 e. The van der Waals surface area contributed by atoms with Gasteiger partial charge in [0.1, 0.15) is 11.2 Å². The van der Waals surface area contributed by atoms with Crippen molar-refractivity contribution in [2.45, 2.75) is 191 Å². The number of hydrogen-bond acceptors (Lipinski definition) is 8. The lowest BCUT2D eigenvalue weighted by Gasteiger charge is -2.46. The van der Waals surface area contributed by atoms with E-state index in [1.807, 2.05) is 95.2 Å². The van der Waals surface area contributed by atoms with Gasteiger partial charge in [-0.15, -0.1) is 0 Å². The summed E-state index contributed by atoms with van der Waals surface area (Å²) >= 11 is 0. The molecule has 0 radical (unpaired) electrons. The Morgan fingerprint density at radius 1 is 0.578 bits per heavy atom. The van der Waals surface area contributed by atoms with Gasteiger partial charge in [0.25, 0.3) is 0 Å². The monoisotopic (exact) mass is 640 g/mol. The highest BCUT2D eigenvalue weighted by atomic mass is 17.3. The van der Waals surface area contributed by atoms with Crippen LogP contribution in [-0.2, 0) is 29.3 Å². The smallest absolute Gasteiger partial charge is 0.234 e. The number of rotatable bonds is 10. The summed E-state index contributed by atoms with van der Waals surface area (Å²) in [7, 11) is 0. The first-order valence-electron chi connectivity index (χ1n) is 16.7. The molecular weight excluding hydrogens is 572 g/mol. The highest BCUT2D eigenvalue weighted by Crippen LogP contribution is 2.47. The van der Waals surface area contributed by atoms with Crippen LogP contribution >= 0.6 is 0 Å². The first-order chi connectivity index (χ1) is 20.0. The molecule has 1 fully saturated rings. The zero-order valence-corrected chi connectivity index (χ0v) is 32.3. The van der Waals surface area contributed by atoms with Crippen LogP contribution in [0.15, 0.2) is 12.1 Å². The van der Waals surface area contributed by atoms with Crippen LogP contribution in [0.5, 0.6) is 11.5 Å². The molecule has 1 unspecified atom stereocenters. The van der Waals surface area contributed by atoms with E-state index < -0.39 is 5.79 Å². The molecule has 2 rings (SSSR count). The van der Waals surface area contributed by atoms with E-state index in [-0.39, 0.29) is 39.7 Å². The molecule has 1 atom stereocenters. The normalized spacial score (nSPS) is 18.9. The molecule has 45 heavy (non-hydrogen) atoms. The fourth-order valence-electron chi connectivity index (χ4n) is 5.24. The van der Waals surface area contributed by atoms with Crippen LogP contribution in [0.2, 0.25) is 0 Å². The molecule has 0 bridgehead atoms. The summed E-state index contributed by atoms with van der Waals surface area (Å²) in [4.78, 5) is 45.1. The Labute approximate surface area is 275 Å². The van der Waals surface area contributed by atoms with Crippen molar-refractivity contribution in [2.24, 2.45) is 11.3 Å². The molecule has 1 saturated carbocycles. The topological polar surface area (TPSA) is 73.8 Å². The standard InChI is InChI=1S/C20H34O4.C17H34O4/c1-13(2)17-15(21-23-19(5,6)7)11-12-16(18(17)14(3)4)22-24-20(8,9)10;1-13-10-16(8,9)12-17(11-13,20-18-14(2,3)4)21-19-15(5,6)7/h11-14H,1-10H3;13H,10-12H2,1-9H3. The van der Waals surface area contributed by atoms with E-state index in [0.717, 1.165) is 41.9 Å². The molecule has 1 aliphatic carbocycles. The second-order valence-electron chi connectivity index (χ2n) is 18.1. The van der Waals surface area contributed by atoms with Crippen molar-refractivity contribution in [3.8, 4) is 11.5 Å². The van der Waals surface area contributed by atoms with Crippen molar-refractivity contribution < 1.29 is 39.1 Å². The highest BCUT2D eigenvalue weighted by Gasteiger charge is 2.48. The van der Waals surface area contributed by atoms with E-state index in [2.05, 4.69) is 48.5 Å². The van der Waals surface area contributed by atoms with E-state index in [0.29, 0.717) is 5.92 Å². The van der Waals surface area contributed by atoms with E-state index in [9.17, 15) is 0 Å². The Morgan fingerprint density at radius 3 is 1.18 bits per heavy atom. The summed E-state index contributed by atoms with van der Waals surface area (Å²) in [5, 5.41) is 0. The zero-order chi connectivity index (χ0) is 35.2. The van der Waals surface area contributed by atoms with Crippen LogP contribution in [0.4, 0.5) is 0 Å². The lowest BCUT2D eigenvalue weighted by atomic mass is 9.70. The van der Waals surface area contributed by atoms with Crippen LogP contribution < -0.4 is 9.78 Å². The lowest BCUT2D eigenvalue weighted by Crippen LogP contribution is -2.48.